The Balaban J connectivity index is 1.40. The molecule has 2 N–H and O–H groups in total. The molecule has 0 radical (unpaired) electrons. The molecule has 3 aliphatic carbocycles. The van der Waals surface area contributed by atoms with Crippen LogP contribution in [0.5, 0.6) is 0 Å². The first-order valence-electron chi connectivity index (χ1n) is 10.9. The van der Waals surface area contributed by atoms with Gasteiger partial charge in [-0.25, -0.2) is 13.1 Å². The predicted molar refractivity (Wildman–Crippen MR) is 120 cm³/mol. The van der Waals surface area contributed by atoms with Crippen molar-refractivity contribution in [1.82, 2.24) is 25.3 Å². The van der Waals surface area contributed by atoms with Gasteiger partial charge in [0.1, 0.15) is 4.90 Å². The van der Waals surface area contributed by atoms with Crippen molar-refractivity contribution in [3.05, 3.63) is 47.3 Å². The molecule has 3 aliphatic rings. The molecule has 3 saturated carbocycles. The number of benzene rings is 1. The molecule has 0 amide bonds. The number of H-pyrrole nitrogens is 1. The van der Waals surface area contributed by atoms with Crippen LogP contribution in [0.2, 0.25) is 5.02 Å². The lowest BCUT2D eigenvalue weighted by Crippen LogP contribution is -2.63. The predicted octanol–water partition coefficient (Wildman–Crippen LogP) is 4.15. The number of aromatic nitrogens is 4. The van der Waals surface area contributed by atoms with Crippen LogP contribution in [0.25, 0.3) is 0 Å². The van der Waals surface area contributed by atoms with Crippen LogP contribution in [0, 0.1) is 23.2 Å². The topological polar surface area (TPSA) is 101 Å². The molecule has 1 aromatic heterocycles. The van der Waals surface area contributed by atoms with E-state index in [1.54, 1.807) is 24.3 Å². The van der Waals surface area contributed by atoms with Gasteiger partial charge in [0, 0.05) is 12.5 Å². The fraction of sp³-hybridized carbons (Fsp3) is 0.591. The number of aromatic amines is 1. The Hall–Kier alpha value is -1.77. The molecule has 31 heavy (non-hydrogen) atoms. The Morgan fingerprint density at radius 1 is 1.26 bits per heavy atom. The van der Waals surface area contributed by atoms with E-state index in [1.807, 2.05) is 0 Å². The summed E-state index contributed by atoms with van der Waals surface area (Å²) < 4.78 is 29.3. The van der Waals surface area contributed by atoms with Crippen LogP contribution in [0.3, 0.4) is 0 Å². The molecule has 4 atom stereocenters. The van der Waals surface area contributed by atoms with E-state index in [0.717, 1.165) is 44.3 Å². The molecular weight excluding hydrogens is 434 g/mol. The fourth-order valence-electron chi connectivity index (χ4n) is 5.29. The number of nitrogens with one attached hydrogen (secondary N) is 2. The van der Waals surface area contributed by atoms with E-state index < -0.39 is 10.0 Å². The maximum atomic E-state index is 13.1. The van der Waals surface area contributed by atoms with E-state index in [4.69, 9.17) is 11.6 Å². The molecule has 0 spiro atoms. The molecule has 9 heteroatoms. The number of fused-ring (bicyclic) bond motifs is 2. The minimum atomic E-state index is -3.68. The molecule has 5 rings (SSSR count). The van der Waals surface area contributed by atoms with Gasteiger partial charge >= 0.3 is 0 Å². The van der Waals surface area contributed by atoms with Crippen molar-refractivity contribution in [1.29, 1.82) is 0 Å². The summed E-state index contributed by atoms with van der Waals surface area (Å²) in [6.45, 7) is 4.54. The zero-order valence-electron chi connectivity index (χ0n) is 18.0. The Bertz CT molecular complexity index is 1020. The van der Waals surface area contributed by atoms with Crippen LogP contribution < -0.4 is 4.72 Å². The highest BCUT2D eigenvalue weighted by molar-refractivity contribution is 7.89. The fourth-order valence-corrected chi connectivity index (χ4v) is 7.15. The van der Waals surface area contributed by atoms with E-state index in [-0.39, 0.29) is 21.4 Å². The van der Waals surface area contributed by atoms with Crippen LogP contribution in [0.15, 0.2) is 41.3 Å². The first kappa shape index (κ1) is 22.4. The van der Waals surface area contributed by atoms with Gasteiger partial charge in [0.05, 0.1) is 5.02 Å². The molecule has 0 saturated heterocycles. The monoisotopic (exact) mass is 463 g/mol. The molecule has 1 heterocycles. The zero-order valence-corrected chi connectivity index (χ0v) is 19.5. The molecule has 7 nitrogen and oxygen atoms in total. The third kappa shape index (κ3) is 4.71. The van der Waals surface area contributed by atoms with Gasteiger partial charge in [0.2, 0.25) is 10.0 Å². The number of rotatable bonds is 9. The summed E-state index contributed by atoms with van der Waals surface area (Å²) in [5.41, 5.74) is 0.165. The lowest BCUT2D eigenvalue weighted by atomic mass is 9.45. The number of tetrazole rings is 1. The van der Waals surface area contributed by atoms with Crippen LogP contribution >= 0.6 is 11.6 Å². The van der Waals surface area contributed by atoms with Gasteiger partial charge in [-0.05, 0) is 67.4 Å². The third-order valence-corrected chi connectivity index (χ3v) is 9.22. The second-order valence-corrected chi connectivity index (χ2v) is 11.5. The summed E-state index contributed by atoms with van der Waals surface area (Å²) in [6.07, 6.45) is 10.1. The minimum absolute atomic E-state index is 0.0785. The highest BCUT2D eigenvalue weighted by Gasteiger charge is 2.58. The average molecular weight is 464 g/mol. The number of halogens is 1. The van der Waals surface area contributed by atoms with Crippen molar-refractivity contribution in [3.8, 4) is 0 Å². The van der Waals surface area contributed by atoms with Crippen LogP contribution in [-0.2, 0) is 16.4 Å². The Morgan fingerprint density at radius 3 is 2.77 bits per heavy atom. The zero-order chi connectivity index (χ0) is 22.1. The number of aryl methyl sites for hydroxylation is 1. The van der Waals surface area contributed by atoms with Gasteiger partial charge in [0.25, 0.3) is 0 Å². The first-order chi connectivity index (χ1) is 14.8. The van der Waals surface area contributed by atoms with E-state index >= 15 is 0 Å². The Kier molecular flexibility index (Phi) is 6.51. The summed E-state index contributed by atoms with van der Waals surface area (Å²) in [5.74, 6) is 2.04. The maximum Gasteiger partial charge on any atom is 0.242 e. The first-order valence-corrected chi connectivity index (χ1v) is 12.8. The second kappa shape index (κ2) is 9.00. The smallest absolute Gasteiger partial charge is 0.207 e. The highest BCUT2D eigenvalue weighted by atomic mass is 35.5. The van der Waals surface area contributed by atoms with E-state index in [9.17, 15) is 8.42 Å². The van der Waals surface area contributed by atoms with Gasteiger partial charge in [-0.2, -0.15) is 5.21 Å². The summed E-state index contributed by atoms with van der Waals surface area (Å²) in [7, 11) is -3.68. The maximum absolute atomic E-state index is 13.1. The van der Waals surface area contributed by atoms with Gasteiger partial charge in [-0.15, -0.1) is 10.2 Å². The number of allylic oxidation sites excluding steroid dienone is 2. The number of unbranched alkanes of at least 4 members (excludes halogenated alkanes) is 1. The van der Waals surface area contributed by atoms with Gasteiger partial charge in [0.15, 0.2) is 5.82 Å². The Labute approximate surface area is 189 Å². The molecule has 1 aromatic carbocycles. The van der Waals surface area contributed by atoms with Crippen molar-refractivity contribution in [2.75, 3.05) is 0 Å². The molecule has 168 valence electrons. The SMILES string of the molecule is CC1(C)[C@H]2C[C@H](C/C=C\CCCc3nn[nH]n3)[C@@H](NS(=O)(=O)c3ccccc3Cl)[C@H]1C2. The van der Waals surface area contributed by atoms with E-state index in [0.29, 0.717) is 17.8 Å². The van der Waals surface area contributed by atoms with Gasteiger partial charge in [-0.1, -0.05) is 54.9 Å². The van der Waals surface area contributed by atoms with Crippen LogP contribution in [0.1, 0.15) is 51.8 Å². The normalized spacial score (nSPS) is 27.3. The van der Waals surface area contributed by atoms with Crippen LogP contribution in [0.4, 0.5) is 0 Å². The van der Waals surface area contributed by atoms with Crippen LogP contribution in [-0.4, -0.2) is 35.1 Å². The van der Waals surface area contributed by atoms with Crippen molar-refractivity contribution >= 4 is 21.6 Å². The molecule has 2 aromatic rings. The Morgan fingerprint density at radius 2 is 2.06 bits per heavy atom. The minimum Gasteiger partial charge on any atom is -0.207 e. The lowest BCUT2D eigenvalue weighted by Gasteiger charge is -2.62. The lowest BCUT2D eigenvalue weighted by molar-refractivity contribution is -0.108. The van der Waals surface area contributed by atoms with E-state index in [1.165, 1.54) is 0 Å². The summed E-state index contributed by atoms with van der Waals surface area (Å²) in [5, 5.41) is 14.2. The van der Waals surface area contributed by atoms with Crippen molar-refractivity contribution < 1.29 is 8.42 Å². The molecule has 0 unspecified atom stereocenters. The van der Waals surface area contributed by atoms with Gasteiger partial charge < -0.3 is 0 Å². The standard InChI is InChI=1S/C22H30ClN5O2S/c1-22(2)16-13-15(9-5-3-4-6-12-20-24-27-28-25-20)21(17(22)14-16)26-31(29,30)19-11-8-7-10-18(19)23/h3,5,7-8,10-11,15-17,21,26H,4,6,9,12-14H2,1-2H3,(H,24,25,27,28)/b5-3-/t15-,16-,17+,21+/m0/s1. The number of hydrogen-bond acceptors (Lipinski definition) is 5. The molecule has 3 fully saturated rings. The van der Waals surface area contributed by atoms with Crippen molar-refractivity contribution in [3.63, 3.8) is 0 Å². The number of hydrogen-bond donors (Lipinski definition) is 2. The summed E-state index contributed by atoms with van der Waals surface area (Å²) in [6, 6.07) is 6.56. The molecule has 2 bridgehead atoms. The van der Waals surface area contributed by atoms with Gasteiger partial charge in [-0.3, -0.25) is 0 Å². The summed E-state index contributed by atoms with van der Waals surface area (Å²) in [4.78, 5) is 0.159. The third-order valence-electron chi connectivity index (χ3n) is 7.26. The highest BCUT2D eigenvalue weighted by Crippen LogP contribution is 2.61. The largest absolute Gasteiger partial charge is 0.242 e. The average Bonchev–Trinajstić information content (AvgIpc) is 3.24. The van der Waals surface area contributed by atoms with Crippen molar-refractivity contribution in [2.45, 2.75) is 63.3 Å². The number of sulfonamides is 1. The summed E-state index contributed by atoms with van der Waals surface area (Å²) >= 11 is 6.19. The molecular formula is C22H30ClN5O2S. The van der Waals surface area contributed by atoms with Crippen molar-refractivity contribution in [2.24, 2.45) is 23.2 Å². The van der Waals surface area contributed by atoms with E-state index in [2.05, 4.69) is 51.3 Å². The number of nitrogens with zero attached hydrogens (tertiary/aromatic N) is 3. The second-order valence-electron chi connectivity index (χ2n) is 9.36. The quantitative estimate of drug-likeness (QED) is 0.429. The molecule has 0 aliphatic heterocycles.